The smallest absolute Gasteiger partial charge is 0.275 e. The lowest BCUT2D eigenvalue weighted by Crippen LogP contribution is -2.18. The topological polar surface area (TPSA) is 103 Å². The van der Waals surface area contributed by atoms with Crippen molar-refractivity contribution in [2.45, 2.75) is 0 Å². The summed E-state index contributed by atoms with van der Waals surface area (Å²) >= 11 is 0. The van der Waals surface area contributed by atoms with E-state index in [9.17, 15) is 14.9 Å². The van der Waals surface area contributed by atoms with Gasteiger partial charge in [-0.05, 0) is 29.8 Å². The normalized spacial score (nSPS) is 10.4. The molecule has 124 valence electrons. The molecule has 2 aromatic carbocycles. The molecular formula is C16H15N3O5. The van der Waals surface area contributed by atoms with E-state index in [1.54, 1.807) is 18.2 Å². The fourth-order valence-electron chi connectivity index (χ4n) is 1.89. The van der Waals surface area contributed by atoms with Crippen molar-refractivity contribution in [3.05, 3.63) is 63.7 Å². The Morgan fingerprint density at radius 1 is 1.17 bits per heavy atom. The summed E-state index contributed by atoms with van der Waals surface area (Å²) in [6, 6.07) is 10.6. The molecule has 0 spiro atoms. The predicted octanol–water partition coefficient (Wildman–Crippen LogP) is 2.38. The monoisotopic (exact) mass is 329 g/mol. The van der Waals surface area contributed by atoms with Crippen LogP contribution in [0.3, 0.4) is 0 Å². The van der Waals surface area contributed by atoms with Gasteiger partial charge >= 0.3 is 0 Å². The van der Waals surface area contributed by atoms with E-state index >= 15 is 0 Å². The summed E-state index contributed by atoms with van der Waals surface area (Å²) in [5.74, 6) is 0.475. The van der Waals surface area contributed by atoms with Crippen LogP contribution >= 0.6 is 0 Å². The van der Waals surface area contributed by atoms with Crippen molar-refractivity contribution in [3.8, 4) is 11.5 Å². The van der Waals surface area contributed by atoms with Gasteiger partial charge < -0.3 is 9.47 Å². The molecule has 2 aromatic rings. The largest absolute Gasteiger partial charge is 0.497 e. The average Bonchev–Trinajstić information content (AvgIpc) is 2.61. The lowest BCUT2D eigenvalue weighted by atomic mass is 10.2. The molecule has 0 unspecified atom stereocenters. The zero-order valence-corrected chi connectivity index (χ0v) is 13.1. The van der Waals surface area contributed by atoms with E-state index in [0.29, 0.717) is 22.6 Å². The third-order valence-corrected chi connectivity index (χ3v) is 3.14. The summed E-state index contributed by atoms with van der Waals surface area (Å²) in [6.45, 7) is 0. The van der Waals surface area contributed by atoms with Gasteiger partial charge in [0.1, 0.15) is 11.5 Å². The number of ether oxygens (including phenoxy) is 2. The van der Waals surface area contributed by atoms with Gasteiger partial charge in [0.25, 0.3) is 11.6 Å². The van der Waals surface area contributed by atoms with Gasteiger partial charge in [0.15, 0.2) is 0 Å². The van der Waals surface area contributed by atoms with E-state index in [4.69, 9.17) is 9.47 Å². The summed E-state index contributed by atoms with van der Waals surface area (Å²) in [5, 5.41) is 14.4. The van der Waals surface area contributed by atoms with Gasteiger partial charge in [0.05, 0.1) is 30.9 Å². The first-order valence-corrected chi connectivity index (χ1v) is 6.85. The number of amides is 1. The van der Waals surface area contributed by atoms with Crippen LogP contribution in [0.15, 0.2) is 47.6 Å². The minimum absolute atomic E-state index is 0.0147. The number of nitrogens with zero attached hydrogens (tertiary/aromatic N) is 2. The Balaban J connectivity index is 2.06. The number of nitro benzene ring substituents is 1. The number of nitro groups is 1. The number of hydrazone groups is 1. The molecule has 0 fully saturated rings. The first kappa shape index (κ1) is 16.9. The van der Waals surface area contributed by atoms with Gasteiger partial charge in [-0.15, -0.1) is 0 Å². The van der Waals surface area contributed by atoms with Crippen LogP contribution in [-0.4, -0.2) is 31.3 Å². The average molecular weight is 329 g/mol. The maximum absolute atomic E-state index is 12.1. The van der Waals surface area contributed by atoms with Crippen LogP contribution in [0.1, 0.15) is 15.9 Å². The van der Waals surface area contributed by atoms with Crippen molar-refractivity contribution in [1.82, 2.24) is 5.43 Å². The Bertz CT molecular complexity index is 772. The zero-order chi connectivity index (χ0) is 17.5. The highest BCUT2D eigenvalue weighted by atomic mass is 16.6. The Hall–Kier alpha value is -3.42. The number of hydrogen-bond donors (Lipinski definition) is 1. The van der Waals surface area contributed by atoms with E-state index in [2.05, 4.69) is 10.5 Å². The Morgan fingerprint density at radius 3 is 2.46 bits per heavy atom. The number of nitrogens with one attached hydrogen (secondary N) is 1. The SMILES string of the molecule is COc1ccc(C(=O)N/N=C\c2ccc([N+](=O)[O-])cc2)c(OC)c1. The number of benzene rings is 2. The van der Waals surface area contributed by atoms with Crippen molar-refractivity contribution in [3.63, 3.8) is 0 Å². The first-order chi connectivity index (χ1) is 11.5. The molecule has 24 heavy (non-hydrogen) atoms. The molecule has 0 aliphatic rings. The van der Waals surface area contributed by atoms with Crippen LogP contribution in [-0.2, 0) is 0 Å². The molecule has 0 saturated heterocycles. The van der Waals surface area contributed by atoms with Gasteiger partial charge in [-0.1, -0.05) is 0 Å². The molecule has 1 amide bonds. The molecule has 8 heteroatoms. The lowest BCUT2D eigenvalue weighted by molar-refractivity contribution is -0.384. The molecule has 0 radical (unpaired) electrons. The minimum atomic E-state index is -0.487. The Morgan fingerprint density at radius 2 is 1.88 bits per heavy atom. The van der Waals surface area contributed by atoms with Gasteiger partial charge in [0.2, 0.25) is 0 Å². The van der Waals surface area contributed by atoms with Crippen molar-refractivity contribution in [2.24, 2.45) is 5.10 Å². The van der Waals surface area contributed by atoms with Gasteiger partial charge in [-0.25, -0.2) is 5.43 Å². The maximum Gasteiger partial charge on any atom is 0.275 e. The van der Waals surface area contributed by atoms with Crippen molar-refractivity contribution >= 4 is 17.8 Å². The Labute approximate surface area is 137 Å². The zero-order valence-electron chi connectivity index (χ0n) is 13.1. The molecule has 8 nitrogen and oxygen atoms in total. The highest BCUT2D eigenvalue weighted by Gasteiger charge is 2.12. The molecule has 2 rings (SSSR count). The molecule has 0 heterocycles. The molecule has 0 bridgehead atoms. The first-order valence-electron chi connectivity index (χ1n) is 6.85. The summed E-state index contributed by atoms with van der Waals surface area (Å²) in [6.07, 6.45) is 1.39. The predicted molar refractivity (Wildman–Crippen MR) is 87.7 cm³/mol. The van der Waals surface area contributed by atoms with Crippen LogP contribution in [0.25, 0.3) is 0 Å². The lowest BCUT2D eigenvalue weighted by Gasteiger charge is -2.08. The fourth-order valence-corrected chi connectivity index (χ4v) is 1.89. The minimum Gasteiger partial charge on any atom is -0.497 e. The number of hydrogen-bond acceptors (Lipinski definition) is 6. The van der Waals surface area contributed by atoms with Crippen LogP contribution in [0.5, 0.6) is 11.5 Å². The summed E-state index contributed by atoms with van der Waals surface area (Å²) < 4.78 is 10.2. The molecule has 0 aromatic heterocycles. The van der Waals surface area contributed by atoms with Crippen molar-refractivity contribution in [1.29, 1.82) is 0 Å². The molecule has 0 aliphatic heterocycles. The second-order valence-electron chi connectivity index (χ2n) is 4.61. The van der Waals surface area contributed by atoms with E-state index in [1.165, 1.54) is 44.7 Å². The second-order valence-corrected chi connectivity index (χ2v) is 4.61. The third kappa shape index (κ3) is 4.07. The van der Waals surface area contributed by atoms with Gasteiger partial charge in [0, 0.05) is 18.2 Å². The fraction of sp³-hybridized carbons (Fsp3) is 0.125. The number of non-ortho nitro benzene ring substituents is 1. The molecule has 0 saturated carbocycles. The van der Waals surface area contributed by atoms with E-state index in [-0.39, 0.29) is 5.69 Å². The molecule has 1 N–H and O–H groups in total. The Kier molecular flexibility index (Phi) is 5.45. The maximum atomic E-state index is 12.1. The van der Waals surface area contributed by atoms with E-state index in [1.807, 2.05) is 0 Å². The highest BCUT2D eigenvalue weighted by molar-refractivity contribution is 5.97. The number of carbonyl (C=O) groups is 1. The number of rotatable bonds is 6. The van der Waals surface area contributed by atoms with E-state index < -0.39 is 10.8 Å². The van der Waals surface area contributed by atoms with E-state index in [0.717, 1.165) is 0 Å². The third-order valence-electron chi connectivity index (χ3n) is 3.14. The highest BCUT2D eigenvalue weighted by Crippen LogP contribution is 2.24. The molecule has 0 aliphatic carbocycles. The van der Waals surface area contributed by atoms with Crippen LogP contribution in [0.2, 0.25) is 0 Å². The standard InChI is InChI=1S/C16H15N3O5/c1-23-13-7-8-14(15(9-13)24-2)16(20)18-17-10-11-3-5-12(6-4-11)19(21)22/h3-10H,1-2H3,(H,18,20)/b17-10-. The van der Waals surface area contributed by atoms with Crippen LogP contribution < -0.4 is 14.9 Å². The summed E-state index contributed by atoms with van der Waals surface area (Å²) in [5.41, 5.74) is 3.28. The molecule has 0 atom stereocenters. The quantitative estimate of drug-likeness (QED) is 0.498. The second kappa shape index (κ2) is 7.73. The van der Waals surface area contributed by atoms with Crippen molar-refractivity contribution < 1.29 is 19.2 Å². The van der Waals surface area contributed by atoms with Gasteiger partial charge in [-0.3, -0.25) is 14.9 Å². The van der Waals surface area contributed by atoms with Gasteiger partial charge in [-0.2, -0.15) is 5.10 Å². The number of carbonyl (C=O) groups excluding carboxylic acids is 1. The number of methoxy groups -OCH3 is 2. The van der Waals surface area contributed by atoms with Crippen LogP contribution in [0, 0.1) is 10.1 Å². The van der Waals surface area contributed by atoms with Crippen LogP contribution in [0.4, 0.5) is 5.69 Å². The summed E-state index contributed by atoms with van der Waals surface area (Å²) in [7, 11) is 2.97. The summed E-state index contributed by atoms with van der Waals surface area (Å²) in [4.78, 5) is 22.2. The van der Waals surface area contributed by atoms with Crippen molar-refractivity contribution in [2.75, 3.05) is 14.2 Å². The molecular weight excluding hydrogens is 314 g/mol.